The second kappa shape index (κ2) is 8.57. The molecule has 1 amide bonds. The van der Waals surface area contributed by atoms with Crippen LogP contribution in [0, 0.1) is 11.3 Å². The summed E-state index contributed by atoms with van der Waals surface area (Å²) in [6, 6.07) is 0.632. The minimum atomic E-state index is -0.0504. The van der Waals surface area contributed by atoms with Crippen LogP contribution in [0.4, 0.5) is 0 Å². The fraction of sp³-hybridized carbons (Fsp3) is 0.944. The van der Waals surface area contributed by atoms with Crippen LogP contribution in [-0.4, -0.2) is 61.0 Å². The lowest BCUT2D eigenvalue weighted by molar-refractivity contribution is -0.147. The smallest absolute Gasteiger partial charge is 0.230 e. The van der Waals surface area contributed by atoms with E-state index < -0.39 is 0 Å². The molecule has 0 aromatic heterocycles. The molecular weight excluding hydrogens is 345 g/mol. The number of fused-ring (bicyclic) bond motifs is 1. The van der Waals surface area contributed by atoms with E-state index in [1.807, 2.05) is 0 Å². The summed E-state index contributed by atoms with van der Waals surface area (Å²) in [4.78, 5) is 18.3. The van der Waals surface area contributed by atoms with Crippen molar-refractivity contribution in [3.8, 4) is 0 Å². The van der Waals surface area contributed by atoms with Crippen LogP contribution in [0.3, 0.4) is 0 Å². The molecule has 0 radical (unpaired) electrons. The van der Waals surface area contributed by atoms with E-state index in [2.05, 4.69) is 15.1 Å². The lowest BCUT2D eigenvalue weighted by atomic mass is 9.67. The maximum atomic E-state index is 13.4. The largest absolute Gasteiger partial charge is 0.341 e. The third-order valence-corrected chi connectivity index (χ3v) is 6.80. The monoisotopic (exact) mass is 377 g/mol. The Morgan fingerprint density at radius 1 is 0.958 bits per heavy atom. The number of carbonyl (C=O) groups excluding carboxylic acids is 1. The van der Waals surface area contributed by atoms with Gasteiger partial charge in [0, 0.05) is 25.7 Å². The predicted molar refractivity (Wildman–Crippen MR) is 102 cm³/mol. The highest BCUT2D eigenvalue weighted by molar-refractivity contribution is 5.85. The minimum Gasteiger partial charge on any atom is -0.341 e. The molecule has 1 saturated carbocycles. The summed E-state index contributed by atoms with van der Waals surface area (Å²) >= 11 is 0. The molecule has 3 atom stereocenters. The van der Waals surface area contributed by atoms with Crippen LogP contribution >= 0.6 is 24.8 Å². The molecule has 1 aliphatic carbocycles. The van der Waals surface area contributed by atoms with Crippen molar-refractivity contribution in [2.45, 2.75) is 57.4 Å². The van der Waals surface area contributed by atoms with Gasteiger partial charge in [-0.1, -0.05) is 12.8 Å². The second-order valence-corrected chi connectivity index (χ2v) is 8.02. The molecule has 4 rings (SSSR count). The molecule has 0 bridgehead atoms. The van der Waals surface area contributed by atoms with Crippen LogP contribution in [0.25, 0.3) is 0 Å². The Balaban J connectivity index is 0.00000104. The Morgan fingerprint density at radius 2 is 1.75 bits per heavy atom. The van der Waals surface area contributed by atoms with Gasteiger partial charge in [0.25, 0.3) is 0 Å². The zero-order valence-corrected chi connectivity index (χ0v) is 16.3. The van der Waals surface area contributed by atoms with E-state index in [1.165, 1.54) is 58.0 Å². The van der Waals surface area contributed by atoms with Gasteiger partial charge in [0.15, 0.2) is 0 Å². The molecule has 1 N–H and O–H groups in total. The average molecular weight is 378 g/mol. The van der Waals surface area contributed by atoms with Gasteiger partial charge in [-0.15, -0.1) is 24.8 Å². The molecule has 0 aromatic carbocycles. The topological polar surface area (TPSA) is 35.6 Å². The highest BCUT2D eigenvalue weighted by Gasteiger charge is 2.51. The third kappa shape index (κ3) is 3.58. The van der Waals surface area contributed by atoms with Crippen molar-refractivity contribution >= 4 is 30.7 Å². The molecule has 6 heteroatoms. The Labute approximate surface area is 158 Å². The van der Waals surface area contributed by atoms with E-state index in [0.29, 0.717) is 17.9 Å². The molecule has 3 saturated heterocycles. The maximum Gasteiger partial charge on any atom is 0.230 e. The molecular formula is C18H33Cl2N3O. The Bertz CT molecular complexity index is 430. The number of likely N-dealkylation sites (tertiary alicyclic amines) is 2. The van der Waals surface area contributed by atoms with Gasteiger partial charge in [-0.25, -0.2) is 0 Å². The molecule has 4 fully saturated rings. The van der Waals surface area contributed by atoms with Crippen LogP contribution < -0.4 is 5.32 Å². The van der Waals surface area contributed by atoms with Gasteiger partial charge in [-0.3, -0.25) is 9.69 Å². The zero-order chi connectivity index (χ0) is 15.0. The molecule has 0 aromatic rings. The third-order valence-electron chi connectivity index (χ3n) is 6.80. The number of piperidine rings is 1. The Kier molecular flexibility index (Phi) is 7.24. The number of hydrogen-bond acceptors (Lipinski definition) is 3. The quantitative estimate of drug-likeness (QED) is 0.803. The summed E-state index contributed by atoms with van der Waals surface area (Å²) < 4.78 is 0. The van der Waals surface area contributed by atoms with Crippen molar-refractivity contribution in [2.75, 3.05) is 39.3 Å². The fourth-order valence-electron chi connectivity index (χ4n) is 5.53. The van der Waals surface area contributed by atoms with Gasteiger partial charge in [-0.2, -0.15) is 0 Å². The molecule has 4 nitrogen and oxygen atoms in total. The van der Waals surface area contributed by atoms with Gasteiger partial charge in [0.05, 0.1) is 5.41 Å². The molecule has 0 spiro atoms. The van der Waals surface area contributed by atoms with Crippen molar-refractivity contribution < 1.29 is 4.79 Å². The van der Waals surface area contributed by atoms with E-state index in [1.54, 1.807) is 0 Å². The minimum absolute atomic E-state index is 0. The first-order chi connectivity index (χ1) is 10.8. The average Bonchev–Trinajstić information content (AvgIpc) is 3.24. The SMILES string of the molecule is Cl.Cl.O=C(N1CCCC(N2CCCC2)C1)[C@@]12CCCC[C@H]1CNC2. The normalized spacial score (nSPS) is 36.6. The van der Waals surface area contributed by atoms with Crippen molar-refractivity contribution in [3.63, 3.8) is 0 Å². The van der Waals surface area contributed by atoms with Crippen molar-refractivity contribution in [1.82, 2.24) is 15.1 Å². The number of amides is 1. The lowest BCUT2D eigenvalue weighted by Crippen LogP contribution is -2.55. The Morgan fingerprint density at radius 3 is 2.54 bits per heavy atom. The first-order valence-electron chi connectivity index (χ1n) is 9.54. The van der Waals surface area contributed by atoms with E-state index in [9.17, 15) is 4.79 Å². The number of halogens is 2. The summed E-state index contributed by atoms with van der Waals surface area (Å²) in [5.41, 5.74) is -0.0504. The summed E-state index contributed by atoms with van der Waals surface area (Å²) in [5, 5.41) is 3.53. The molecule has 3 heterocycles. The summed E-state index contributed by atoms with van der Waals surface area (Å²) in [6.07, 6.45) is 10.1. The predicted octanol–water partition coefficient (Wildman–Crippen LogP) is 2.70. The molecule has 1 unspecified atom stereocenters. The van der Waals surface area contributed by atoms with Gasteiger partial charge >= 0.3 is 0 Å². The highest BCUT2D eigenvalue weighted by atomic mass is 35.5. The number of nitrogens with zero attached hydrogens (tertiary/aromatic N) is 2. The van der Waals surface area contributed by atoms with Crippen molar-refractivity contribution in [2.24, 2.45) is 11.3 Å². The number of carbonyl (C=O) groups is 1. The first kappa shape index (κ1) is 20.3. The van der Waals surface area contributed by atoms with E-state index >= 15 is 0 Å². The maximum absolute atomic E-state index is 13.4. The molecule has 3 aliphatic heterocycles. The van der Waals surface area contributed by atoms with Crippen LogP contribution in [-0.2, 0) is 4.79 Å². The summed E-state index contributed by atoms with van der Waals surface area (Å²) in [6.45, 7) is 6.49. The van der Waals surface area contributed by atoms with Crippen LogP contribution in [0.1, 0.15) is 51.4 Å². The van der Waals surface area contributed by atoms with Gasteiger partial charge < -0.3 is 10.2 Å². The highest BCUT2D eigenvalue weighted by Crippen LogP contribution is 2.45. The van der Waals surface area contributed by atoms with Gasteiger partial charge in [-0.05, 0) is 64.1 Å². The zero-order valence-electron chi connectivity index (χ0n) is 14.7. The number of hydrogen-bond donors (Lipinski definition) is 1. The van der Waals surface area contributed by atoms with Crippen molar-refractivity contribution in [1.29, 1.82) is 0 Å². The van der Waals surface area contributed by atoms with Crippen LogP contribution in [0.5, 0.6) is 0 Å². The second-order valence-electron chi connectivity index (χ2n) is 8.02. The van der Waals surface area contributed by atoms with E-state index in [4.69, 9.17) is 0 Å². The fourth-order valence-corrected chi connectivity index (χ4v) is 5.53. The van der Waals surface area contributed by atoms with Crippen molar-refractivity contribution in [3.05, 3.63) is 0 Å². The van der Waals surface area contributed by atoms with Gasteiger partial charge in [0.1, 0.15) is 0 Å². The summed E-state index contributed by atoms with van der Waals surface area (Å²) in [7, 11) is 0. The Hall–Kier alpha value is -0.0300. The van der Waals surface area contributed by atoms with Crippen LogP contribution in [0.2, 0.25) is 0 Å². The number of nitrogens with one attached hydrogen (secondary N) is 1. The molecule has 24 heavy (non-hydrogen) atoms. The van der Waals surface area contributed by atoms with Gasteiger partial charge in [0.2, 0.25) is 5.91 Å². The van der Waals surface area contributed by atoms with E-state index in [0.717, 1.165) is 32.6 Å². The summed E-state index contributed by atoms with van der Waals surface area (Å²) in [5.74, 6) is 1.09. The van der Waals surface area contributed by atoms with E-state index in [-0.39, 0.29) is 30.2 Å². The standard InChI is InChI=1S/C18H31N3O.2ClH/c22-17(18-8-2-1-6-15(18)12-19-14-18)21-11-5-7-16(13-21)20-9-3-4-10-20;;/h15-16,19H,1-14H2;2*1H/t15-,16?,18+;;/m0../s1. The number of rotatable bonds is 2. The first-order valence-corrected chi connectivity index (χ1v) is 9.54. The molecule has 140 valence electrons. The molecule has 4 aliphatic rings. The lowest BCUT2D eigenvalue weighted by Gasteiger charge is -2.44. The van der Waals surface area contributed by atoms with Crippen LogP contribution in [0.15, 0.2) is 0 Å².